The molecule has 8 heteroatoms. The van der Waals surface area contributed by atoms with Gasteiger partial charge in [-0.3, -0.25) is 0 Å². The average Bonchev–Trinajstić information content (AvgIpc) is 2.31. The maximum atomic E-state index is 12.4. The minimum Gasteiger partial charge on any atom is -0.383 e. The van der Waals surface area contributed by atoms with Crippen molar-refractivity contribution in [3.8, 4) is 0 Å². The summed E-state index contributed by atoms with van der Waals surface area (Å²) in [5, 5.41) is 2.82. The lowest BCUT2D eigenvalue weighted by Gasteiger charge is -2.19. The zero-order chi connectivity index (χ0) is 14.5. The minimum atomic E-state index is -4.46. The molecule has 0 amide bonds. The van der Waals surface area contributed by atoms with Crippen LogP contribution in [0, 0.1) is 0 Å². The zero-order valence-electron chi connectivity index (χ0n) is 10.3. The third-order valence-corrected chi connectivity index (χ3v) is 2.68. The lowest BCUT2D eigenvalue weighted by Crippen LogP contribution is -2.28. The summed E-state index contributed by atoms with van der Waals surface area (Å²) in [7, 11) is 1.52. The first-order valence-electron chi connectivity index (χ1n) is 5.56. The number of aromatic nitrogens is 1. The van der Waals surface area contributed by atoms with Crippen molar-refractivity contribution in [1.29, 1.82) is 0 Å². The highest BCUT2D eigenvalue weighted by Gasteiger charge is 2.31. The monoisotopic (exact) mass is 297 g/mol. The molecule has 0 saturated heterocycles. The standard InChI is InChI=1S/C11H15ClF3N3O/c1-19-6-8(2-3-16)18-10-9(12)4-7(5-17-10)11(13,14)15/h4-5,8H,2-3,6,16H2,1H3,(H,17,18). The van der Waals surface area contributed by atoms with E-state index in [1.807, 2.05) is 0 Å². The number of nitrogens with one attached hydrogen (secondary N) is 1. The molecule has 4 nitrogen and oxygen atoms in total. The van der Waals surface area contributed by atoms with Crippen molar-refractivity contribution in [3.05, 3.63) is 22.8 Å². The fraction of sp³-hybridized carbons (Fsp3) is 0.545. The highest BCUT2D eigenvalue weighted by molar-refractivity contribution is 6.33. The van der Waals surface area contributed by atoms with Crippen molar-refractivity contribution in [3.63, 3.8) is 0 Å². The van der Waals surface area contributed by atoms with Gasteiger partial charge in [0, 0.05) is 13.3 Å². The first kappa shape index (κ1) is 16.0. The minimum absolute atomic E-state index is 0.0899. The number of rotatable bonds is 6. The molecule has 1 unspecified atom stereocenters. The number of nitrogens with zero attached hydrogens (tertiary/aromatic N) is 1. The predicted molar refractivity (Wildman–Crippen MR) is 67.2 cm³/mol. The normalized spacial score (nSPS) is 13.4. The van der Waals surface area contributed by atoms with Gasteiger partial charge in [-0.25, -0.2) is 4.98 Å². The maximum Gasteiger partial charge on any atom is 0.417 e. The predicted octanol–water partition coefficient (Wildman–Crippen LogP) is 2.53. The van der Waals surface area contributed by atoms with E-state index < -0.39 is 11.7 Å². The molecule has 108 valence electrons. The maximum absolute atomic E-state index is 12.4. The van der Waals surface area contributed by atoms with Crippen molar-refractivity contribution in [2.24, 2.45) is 5.73 Å². The largest absolute Gasteiger partial charge is 0.417 e. The van der Waals surface area contributed by atoms with Gasteiger partial charge in [-0.1, -0.05) is 11.6 Å². The van der Waals surface area contributed by atoms with Crippen molar-refractivity contribution >= 4 is 17.4 Å². The highest BCUT2D eigenvalue weighted by atomic mass is 35.5. The Morgan fingerprint density at radius 2 is 2.21 bits per heavy atom. The molecule has 0 fully saturated rings. The van der Waals surface area contributed by atoms with Gasteiger partial charge in [-0.2, -0.15) is 13.2 Å². The number of halogens is 4. The molecule has 0 aliphatic rings. The van der Waals surface area contributed by atoms with Gasteiger partial charge in [0.1, 0.15) is 5.82 Å². The van der Waals surface area contributed by atoms with Crippen LogP contribution in [0.1, 0.15) is 12.0 Å². The van der Waals surface area contributed by atoms with E-state index in [-0.39, 0.29) is 16.9 Å². The summed E-state index contributed by atoms with van der Waals surface area (Å²) >= 11 is 5.78. The Kier molecular flexibility index (Phi) is 5.84. The number of nitrogens with two attached hydrogens (primary N) is 1. The number of alkyl halides is 3. The molecular formula is C11H15ClF3N3O. The fourth-order valence-corrected chi connectivity index (χ4v) is 1.71. The second-order valence-electron chi connectivity index (χ2n) is 3.93. The summed E-state index contributed by atoms with van der Waals surface area (Å²) in [5.41, 5.74) is 4.55. The van der Waals surface area contributed by atoms with Crippen molar-refractivity contribution < 1.29 is 17.9 Å². The van der Waals surface area contributed by atoms with E-state index in [4.69, 9.17) is 22.1 Å². The fourth-order valence-electron chi connectivity index (χ4n) is 1.49. The summed E-state index contributed by atoms with van der Waals surface area (Å²) < 4.78 is 42.3. The highest BCUT2D eigenvalue weighted by Crippen LogP contribution is 2.32. The SMILES string of the molecule is COCC(CCN)Nc1ncc(C(F)(F)F)cc1Cl. The molecule has 0 aliphatic carbocycles. The van der Waals surface area contributed by atoms with Crippen LogP contribution in [-0.2, 0) is 10.9 Å². The quantitative estimate of drug-likeness (QED) is 0.847. The van der Waals surface area contributed by atoms with Crippen LogP contribution < -0.4 is 11.1 Å². The number of pyridine rings is 1. The van der Waals surface area contributed by atoms with Crippen LogP contribution in [0.15, 0.2) is 12.3 Å². The smallest absolute Gasteiger partial charge is 0.383 e. The average molecular weight is 298 g/mol. The number of ether oxygens (including phenoxy) is 1. The van der Waals surface area contributed by atoms with Crippen LogP contribution in [-0.4, -0.2) is 31.3 Å². The van der Waals surface area contributed by atoms with Gasteiger partial charge >= 0.3 is 6.18 Å². The van der Waals surface area contributed by atoms with E-state index in [1.54, 1.807) is 0 Å². The van der Waals surface area contributed by atoms with Gasteiger partial charge in [-0.05, 0) is 19.0 Å². The number of hydrogen-bond acceptors (Lipinski definition) is 4. The van der Waals surface area contributed by atoms with Crippen LogP contribution in [0.4, 0.5) is 19.0 Å². The van der Waals surface area contributed by atoms with E-state index in [9.17, 15) is 13.2 Å². The third kappa shape index (κ3) is 4.85. The first-order valence-corrected chi connectivity index (χ1v) is 5.94. The molecule has 0 spiro atoms. The summed E-state index contributed by atoms with van der Waals surface area (Å²) in [5.74, 6) is 0.185. The van der Waals surface area contributed by atoms with Gasteiger partial charge in [0.2, 0.25) is 0 Å². The Morgan fingerprint density at radius 3 is 2.68 bits per heavy atom. The lowest BCUT2D eigenvalue weighted by molar-refractivity contribution is -0.137. The second kappa shape index (κ2) is 6.93. The molecule has 1 aromatic rings. The Morgan fingerprint density at radius 1 is 1.53 bits per heavy atom. The summed E-state index contributed by atoms with van der Waals surface area (Å²) in [6.07, 6.45) is -3.13. The van der Waals surface area contributed by atoms with Crippen LogP contribution in [0.2, 0.25) is 5.02 Å². The van der Waals surface area contributed by atoms with Crippen LogP contribution in [0.3, 0.4) is 0 Å². The van der Waals surface area contributed by atoms with Gasteiger partial charge in [-0.15, -0.1) is 0 Å². The first-order chi connectivity index (χ1) is 8.88. The van der Waals surface area contributed by atoms with Crippen molar-refractivity contribution in [1.82, 2.24) is 4.98 Å². The van der Waals surface area contributed by atoms with E-state index in [1.165, 1.54) is 7.11 Å². The molecule has 0 saturated carbocycles. The molecule has 0 aliphatic heterocycles. The molecule has 1 heterocycles. The van der Waals surface area contributed by atoms with Gasteiger partial charge < -0.3 is 15.8 Å². The molecule has 0 aromatic carbocycles. The Labute approximate surface area is 114 Å². The molecule has 1 atom stereocenters. The Hall–Kier alpha value is -1.05. The second-order valence-corrected chi connectivity index (χ2v) is 4.33. The van der Waals surface area contributed by atoms with Gasteiger partial charge in [0.05, 0.1) is 23.2 Å². The van der Waals surface area contributed by atoms with Gasteiger partial charge in [0.25, 0.3) is 0 Å². The summed E-state index contributed by atoms with van der Waals surface area (Å²) in [6.45, 7) is 0.773. The number of methoxy groups -OCH3 is 1. The number of hydrogen-bond donors (Lipinski definition) is 2. The Balaban J connectivity index is 2.84. The van der Waals surface area contributed by atoms with Gasteiger partial charge in [0.15, 0.2) is 0 Å². The van der Waals surface area contributed by atoms with Crippen LogP contribution in [0.5, 0.6) is 0 Å². The Bertz CT molecular complexity index is 409. The lowest BCUT2D eigenvalue weighted by atomic mass is 10.2. The zero-order valence-corrected chi connectivity index (χ0v) is 11.1. The van der Waals surface area contributed by atoms with E-state index in [2.05, 4.69) is 10.3 Å². The summed E-state index contributed by atoms with van der Waals surface area (Å²) in [6, 6.07) is 0.681. The van der Waals surface area contributed by atoms with E-state index in [0.29, 0.717) is 19.6 Å². The van der Waals surface area contributed by atoms with Crippen LogP contribution >= 0.6 is 11.6 Å². The number of anilines is 1. The summed E-state index contributed by atoms with van der Waals surface area (Å²) in [4.78, 5) is 3.69. The molecule has 3 N–H and O–H groups in total. The topological polar surface area (TPSA) is 60.2 Å². The molecule has 1 rings (SSSR count). The van der Waals surface area contributed by atoms with Crippen molar-refractivity contribution in [2.45, 2.75) is 18.6 Å². The van der Waals surface area contributed by atoms with E-state index >= 15 is 0 Å². The third-order valence-electron chi connectivity index (χ3n) is 2.39. The van der Waals surface area contributed by atoms with Crippen LogP contribution in [0.25, 0.3) is 0 Å². The molecule has 0 bridgehead atoms. The molecule has 1 aromatic heterocycles. The molecular weight excluding hydrogens is 283 g/mol. The van der Waals surface area contributed by atoms with Crippen molar-refractivity contribution in [2.75, 3.05) is 25.6 Å². The van der Waals surface area contributed by atoms with E-state index in [0.717, 1.165) is 12.3 Å². The molecule has 0 radical (unpaired) electrons. The molecule has 19 heavy (non-hydrogen) atoms.